The maximum Gasteiger partial charge on any atom is 0.110 e. The maximum absolute atomic E-state index is 7.66. The van der Waals surface area contributed by atoms with Gasteiger partial charge in [-0.2, -0.15) is 0 Å². The van der Waals surface area contributed by atoms with Crippen LogP contribution in [0.3, 0.4) is 0 Å². The molecule has 14 heavy (non-hydrogen) atoms. The third kappa shape index (κ3) is 1.96. The standard InChI is InChI=1S/C10H9N3.B/c11-8-4-3-7-13-10(8)9-5-1-2-6-12-9;/h1-3,5-7,11H,4H2;. The number of hydrogen-bond acceptors (Lipinski definition) is 3. The van der Waals surface area contributed by atoms with Gasteiger partial charge >= 0.3 is 0 Å². The largest absolute Gasteiger partial charge is 0.303 e. The van der Waals surface area contributed by atoms with Gasteiger partial charge in [0.1, 0.15) is 5.71 Å². The molecule has 4 heteroatoms. The molecule has 0 fully saturated rings. The number of pyridine rings is 1. The fraction of sp³-hybridized carbons (Fsp3) is 0.100. The Labute approximate surface area is 84.7 Å². The average molecular weight is 182 g/mol. The van der Waals surface area contributed by atoms with Crippen molar-refractivity contribution in [1.29, 1.82) is 5.41 Å². The van der Waals surface area contributed by atoms with E-state index >= 15 is 0 Å². The summed E-state index contributed by atoms with van der Waals surface area (Å²) in [7, 11) is 0. The zero-order chi connectivity index (χ0) is 9.10. The lowest BCUT2D eigenvalue weighted by Gasteiger charge is -2.07. The molecule has 0 atom stereocenters. The molecular formula is C10H9BN3. The van der Waals surface area contributed by atoms with Gasteiger partial charge in [-0.3, -0.25) is 9.98 Å². The van der Waals surface area contributed by atoms with Gasteiger partial charge < -0.3 is 5.41 Å². The van der Waals surface area contributed by atoms with E-state index in [4.69, 9.17) is 5.41 Å². The van der Waals surface area contributed by atoms with E-state index in [1.807, 2.05) is 24.3 Å². The predicted molar refractivity (Wildman–Crippen MR) is 58.0 cm³/mol. The molecule has 0 saturated carbocycles. The van der Waals surface area contributed by atoms with E-state index < -0.39 is 0 Å². The van der Waals surface area contributed by atoms with E-state index in [-0.39, 0.29) is 8.41 Å². The Morgan fingerprint density at radius 1 is 1.29 bits per heavy atom. The van der Waals surface area contributed by atoms with Crippen molar-refractivity contribution in [3.63, 3.8) is 0 Å². The summed E-state index contributed by atoms with van der Waals surface area (Å²) in [5.74, 6) is 0. The summed E-state index contributed by atoms with van der Waals surface area (Å²) in [5.41, 5.74) is 1.99. The number of nitrogens with zero attached hydrogens (tertiary/aromatic N) is 2. The van der Waals surface area contributed by atoms with Crippen LogP contribution in [0.2, 0.25) is 0 Å². The van der Waals surface area contributed by atoms with Crippen LogP contribution in [0, 0.1) is 5.41 Å². The molecule has 1 N–H and O–H groups in total. The molecule has 0 spiro atoms. The van der Waals surface area contributed by atoms with E-state index in [0.717, 1.165) is 5.69 Å². The smallest absolute Gasteiger partial charge is 0.110 e. The molecule has 0 bridgehead atoms. The van der Waals surface area contributed by atoms with Crippen molar-refractivity contribution in [1.82, 2.24) is 4.98 Å². The molecule has 0 aliphatic carbocycles. The molecular weight excluding hydrogens is 173 g/mol. The first kappa shape index (κ1) is 10.4. The number of allylic oxidation sites excluding steroid dienone is 1. The van der Waals surface area contributed by atoms with Crippen molar-refractivity contribution >= 4 is 19.8 Å². The summed E-state index contributed by atoms with van der Waals surface area (Å²) in [6, 6.07) is 5.62. The molecule has 1 aliphatic rings. The van der Waals surface area contributed by atoms with E-state index in [0.29, 0.717) is 17.8 Å². The molecule has 0 unspecified atom stereocenters. The van der Waals surface area contributed by atoms with Gasteiger partial charge in [-0.05, 0) is 12.1 Å². The second-order valence-corrected chi connectivity index (χ2v) is 2.76. The SMILES string of the molecule is N=C1CC=CN=C1c1ccccn1.[B]. The van der Waals surface area contributed by atoms with Crippen LogP contribution in [0.5, 0.6) is 0 Å². The van der Waals surface area contributed by atoms with Gasteiger partial charge in [-0.25, -0.2) is 0 Å². The van der Waals surface area contributed by atoms with Crippen LogP contribution in [-0.4, -0.2) is 24.8 Å². The molecule has 2 heterocycles. The minimum atomic E-state index is 0. The number of rotatable bonds is 1. The van der Waals surface area contributed by atoms with Crippen molar-refractivity contribution in [3.05, 3.63) is 42.4 Å². The molecule has 3 nitrogen and oxygen atoms in total. The molecule has 2 rings (SSSR count). The second-order valence-electron chi connectivity index (χ2n) is 2.76. The Balaban J connectivity index is 0.000000980. The molecule has 67 valence electrons. The normalized spacial score (nSPS) is 14.6. The molecule has 0 saturated heterocycles. The molecule has 1 aromatic rings. The maximum atomic E-state index is 7.66. The first-order valence-electron chi connectivity index (χ1n) is 4.10. The Bertz CT molecular complexity index is 382. The van der Waals surface area contributed by atoms with Gasteiger partial charge in [0.25, 0.3) is 0 Å². The molecule has 0 aromatic carbocycles. The van der Waals surface area contributed by atoms with Gasteiger partial charge in [0.2, 0.25) is 0 Å². The number of aliphatic imine (C=N–C) groups is 1. The van der Waals surface area contributed by atoms with Gasteiger partial charge in [-0.15, -0.1) is 0 Å². The van der Waals surface area contributed by atoms with Crippen LogP contribution in [-0.2, 0) is 0 Å². The third-order valence-electron chi connectivity index (χ3n) is 1.82. The lowest BCUT2D eigenvalue weighted by molar-refractivity contribution is 1.26. The van der Waals surface area contributed by atoms with Gasteiger partial charge in [0.15, 0.2) is 0 Å². The average Bonchev–Trinajstić information content (AvgIpc) is 2.20. The van der Waals surface area contributed by atoms with Crippen LogP contribution in [0.25, 0.3) is 0 Å². The summed E-state index contributed by atoms with van der Waals surface area (Å²) in [6.07, 6.45) is 5.95. The van der Waals surface area contributed by atoms with Crippen LogP contribution in [0.15, 0.2) is 41.7 Å². The fourth-order valence-corrected chi connectivity index (χ4v) is 1.20. The summed E-state index contributed by atoms with van der Waals surface area (Å²) < 4.78 is 0. The topological polar surface area (TPSA) is 49.1 Å². The predicted octanol–water partition coefficient (Wildman–Crippen LogP) is 1.43. The number of hydrogen-bond donors (Lipinski definition) is 1. The third-order valence-corrected chi connectivity index (χ3v) is 1.82. The van der Waals surface area contributed by atoms with Crippen molar-refractivity contribution < 1.29 is 0 Å². The summed E-state index contributed by atoms with van der Waals surface area (Å²) >= 11 is 0. The number of aromatic nitrogens is 1. The monoisotopic (exact) mass is 182 g/mol. The minimum absolute atomic E-state index is 0. The Hall–Kier alpha value is -1.71. The van der Waals surface area contributed by atoms with Gasteiger partial charge in [0.05, 0.1) is 11.4 Å². The highest BCUT2D eigenvalue weighted by molar-refractivity contribution is 6.47. The molecule has 3 radical (unpaired) electrons. The van der Waals surface area contributed by atoms with Crippen LogP contribution in [0.1, 0.15) is 12.1 Å². The summed E-state index contributed by atoms with van der Waals surface area (Å²) in [5, 5.41) is 7.66. The lowest BCUT2D eigenvalue weighted by atomic mass is 10.1. The second kappa shape index (κ2) is 4.51. The Kier molecular flexibility index (Phi) is 3.34. The van der Waals surface area contributed by atoms with E-state index in [2.05, 4.69) is 9.98 Å². The van der Waals surface area contributed by atoms with Gasteiger partial charge in [-0.1, -0.05) is 12.1 Å². The van der Waals surface area contributed by atoms with Crippen molar-refractivity contribution in [3.8, 4) is 0 Å². The van der Waals surface area contributed by atoms with Crippen LogP contribution >= 0.6 is 0 Å². The molecule has 1 aromatic heterocycles. The first-order valence-corrected chi connectivity index (χ1v) is 4.10. The van der Waals surface area contributed by atoms with Crippen LogP contribution < -0.4 is 0 Å². The van der Waals surface area contributed by atoms with Crippen molar-refractivity contribution in [2.45, 2.75) is 6.42 Å². The highest BCUT2D eigenvalue weighted by Crippen LogP contribution is 2.06. The quantitative estimate of drug-likeness (QED) is 0.656. The van der Waals surface area contributed by atoms with Crippen molar-refractivity contribution in [2.24, 2.45) is 4.99 Å². The fourth-order valence-electron chi connectivity index (χ4n) is 1.20. The van der Waals surface area contributed by atoms with E-state index in [1.165, 1.54) is 0 Å². The van der Waals surface area contributed by atoms with E-state index in [1.54, 1.807) is 12.4 Å². The Morgan fingerprint density at radius 3 is 2.79 bits per heavy atom. The summed E-state index contributed by atoms with van der Waals surface area (Å²) in [4.78, 5) is 8.28. The van der Waals surface area contributed by atoms with E-state index in [9.17, 15) is 0 Å². The minimum Gasteiger partial charge on any atom is -0.303 e. The van der Waals surface area contributed by atoms with Crippen LogP contribution in [0.4, 0.5) is 0 Å². The highest BCUT2D eigenvalue weighted by Gasteiger charge is 2.11. The highest BCUT2D eigenvalue weighted by atomic mass is 14.8. The molecule has 0 amide bonds. The lowest BCUT2D eigenvalue weighted by Crippen LogP contribution is -2.16. The van der Waals surface area contributed by atoms with Gasteiger partial charge in [0, 0.05) is 27.2 Å². The zero-order valence-electron chi connectivity index (χ0n) is 7.64. The zero-order valence-corrected chi connectivity index (χ0v) is 7.64. The molecule has 1 aliphatic heterocycles. The Morgan fingerprint density at radius 2 is 2.14 bits per heavy atom. The number of nitrogens with one attached hydrogen (secondary N) is 1. The van der Waals surface area contributed by atoms with Crippen molar-refractivity contribution in [2.75, 3.05) is 0 Å². The first-order chi connectivity index (χ1) is 6.38. The summed E-state index contributed by atoms with van der Waals surface area (Å²) in [6.45, 7) is 0.